The van der Waals surface area contributed by atoms with Crippen LogP contribution in [0.25, 0.3) is 0 Å². The van der Waals surface area contributed by atoms with Crippen LogP contribution in [0.4, 0.5) is 0 Å². The van der Waals surface area contributed by atoms with Crippen LogP contribution in [0.5, 0.6) is 0 Å². The number of hydrogen-bond donors (Lipinski definition) is 10. The summed E-state index contributed by atoms with van der Waals surface area (Å²) in [5.74, 6) is -4.57. The van der Waals surface area contributed by atoms with E-state index in [4.69, 9.17) is 22.9 Å². The van der Waals surface area contributed by atoms with E-state index in [1.54, 1.807) is 0 Å². The third kappa shape index (κ3) is 12.1. The Balaban J connectivity index is 2.83. The first-order valence-corrected chi connectivity index (χ1v) is 11.9. The number of nitrogens with zero attached hydrogens (tertiary/aromatic N) is 2. The Morgan fingerprint density at radius 3 is 2.16 bits per heavy atom. The smallest absolute Gasteiger partial charge is 0.326 e. The SMILES string of the molecule is NC(=O)CC[C@H](NC(=O)[C@H](CS)NC(=O)[C@@H](N)CCCN=C(N)N)C(=O)N[C@@H](Cc1cnc[nH]1)C(=O)O. The van der Waals surface area contributed by atoms with E-state index in [0.717, 1.165) is 0 Å². The molecule has 13 N–H and O–H groups in total. The molecule has 1 aromatic rings. The minimum Gasteiger partial charge on any atom is -0.480 e. The Kier molecular flexibility index (Phi) is 13.5. The topological polar surface area (TPSA) is 287 Å². The molecule has 0 aliphatic heterocycles. The lowest BCUT2D eigenvalue weighted by Gasteiger charge is -2.24. The largest absolute Gasteiger partial charge is 0.480 e. The highest BCUT2D eigenvalue weighted by molar-refractivity contribution is 7.80. The number of aromatic amines is 1. The number of nitrogens with two attached hydrogens (primary N) is 4. The van der Waals surface area contributed by atoms with Crippen LogP contribution in [-0.4, -0.2) is 87.1 Å². The van der Waals surface area contributed by atoms with Crippen molar-refractivity contribution < 1.29 is 29.1 Å². The van der Waals surface area contributed by atoms with Gasteiger partial charge in [-0.15, -0.1) is 0 Å². The number of imidazole rings is 1. The van der Waals surface area contributed by atoms with E-state index >= 15 is 0 Å². The summed E-state index contributed by atoms with van der Waals surface area (Å²) in [5.41, 5.74) is 21.9. The predicted molar refractivity (Wildman–Crippen MR) is 136 cm³/mol. The van der Waals surface area contributed by atoms with Crippen LogP contribution in [0.2, 0.25) is 0 Å². The summed E-state index contributed by atoms with van der Waals surface area (Å²) in [6, 6.07) is -4.81. The number of carboxylic acids is 1. The van der Waals surface area contributed by atoms with Gasteiger partial charge in [0, 0.05) is 37.0 Å². The molecule has 4 atom stereocenters. The molecule has 0 spiro atoms. The predicted octanol–water partition coefficient (Wildman–Crippen LogP) is -3.93. The van der Waals surface area contributed by atoms with Gasteiger partial charge in [-0.1, -0.05) is 0 Å². The molecule has 1 aromatic heterocycles. The summed E-state index contributed by atoms with van der Waals surface area (Å²) >= 11 is 4.07. The molecule has 0 aliphatic rings. The highest BCUT2D eigenvalue weighted by atomic mass is 32.1. The third-order valence-electron chi connectivity index (χ3n) is 5.03. The zero-order valence-electron chi connectivity index (χ0n) is 20.1. The molecule has 0 saturated heterocycles. The molecule has 4 amide bonds. The van der Waals surface area contributed by atoms with Crippen LogP contribution in [-0.2, 0) is 30.4 Å². The minimum absolute atomic E-state index is 0.0873. The number of hydrogen-bond acceptors (Lipinski definition) is 9. The number of amides is 4. The van der Waals surface area contributed by atoms with Crippen LogP contribution in [0.15, 0.2) is 17.5 Å². The van der Waals surface area contributed by atoms with E-state index in [-0.39, 0.29) is 43.9 Å². The maximum atomic E-state index is 12.8. The Morgan fingerprint density at radius 2 is 1.62 bits per heavy atom. The van der Waals surface area contributed by atoms with Gasteiger partial charge in [-0.3, -0.25) is 24.2 Å². The zero-order chi connectivity index (χ0) is 28.0. The number of aliphatic carboxylic acids is 1. The van der Waals surface area contributed by atoms with Crippen LogP contribution >= 0.6 is 12.6 Å². The lowest BCUT2D eigenvalue weighted by atomic mass is 10.1. The van der Waals surface area contributed by atoms with Gasteiger partial charge in [-0.25, -0.2) is 9.78 Å². The lowest BCUT2D eigenvalue weighted by Crippen LogP contribution is -2.58. The second kappa shape index (κ2) is 16.0. The molecule has 0 bridgehead atoms. The summed E-state index contributed by atoms with van der Waals surface area (Å²) in [6.07, 6.45) is 2.83. The van der Waals surface area contributed by atoms with E-state index in [1.807, 2.05) is 0 Å². The molecule has 1 heterocycles. The number of rotatable bonds is 17. The number of carbonyl (C=O) groups is 5. The van der Waals surface area contributed by atoms with Crippen molar-refractivity contribution in [1.82, 2.24) is 25.9 Å². The van der Waals surface area contributed by atoms with Crippen molar-refractivity contribution in [2.45, 2.75) is 56.3 Å². The molecule has 16 nitrogen and oxygen atoms in total. The van der Waals surface area contributed by atoms with Gasteiger partial charge in [0.05, 0.1) is 12.4 Å². The lowest BCUT2D eigenvalue weighted by molar-refractivity contribution is -0.142. The van der Waals surface area contributed by atoms with Gasteiger partial charge in [-0.05, 0) is 19.3 Å². The Hall–Kier alpha value is -3.86. The van der Waals surface area contributed by atoms with E-state index in [9.17, 15) is 29.1 Å². The van der Waals surface area contributed by atoms with E-state index in [1.165, 1.54) is 12.5 Å². The molecule has 17 heteroatoms. The molecular weight excluding hydrogens is 508 g/mol. The number of guanidine groups is 1. The quantitative estimate of drug-likeness (QED) is 0.0394. The number of aliphatic imine (C=N–C) groups is 1. The molecule has 0 saturated carbocycles. The molecule has 37 heavy (non-hydrogen) atoms. The van der Waals surface area contributed by atoms with Gasteiger partial charge < -0.3 is 49.0 Å². The highest BCUT2D eigenvalue weighted by Crippen LogP contribution is 2.04. The number of nitrogens with one attached hydrogen (secondary N) is 4. The summed E-state index contributed by atoms with van der Waals surface area (Å²) in [6.45, 7) is 0.272. The van der Waals surface area contributed by atoms with Crippen LogP contribution in [0, 0.1) is 0 Å². The fourth-order valence-corrected chi connectivity index (χ4v) is 3.30. The third-order valence-corrected chi connectivity index (χ3v) is 5.39. The van der Waals surface area contributed by atoms with Crippen molar-refractivity contribution in [2.24, 2.45) is 27.9 Å². The van der Waals surface area contributed by atoms with Gasteiger partial charge in [0.2, 0.25) is 23.6 Å². The Bertz CT molecular complexity index is 953. The molecule has 1 rings (SSSR count). The van der Waals surface area contributed by atoms with Crippen molar-refractivity contribution >= 4 is 48.2 Å². The van der Waals surface area contributed by atoms with Gasteiger partial charge in [0.15, 0.2) is 5.96 Å². The van der Waals surface area contributed by atoms with Crippen molar-refractivity contribution in [3.8, 4) is 0 Å². The van der Waals surface area contributed by atoms with E-state index < -0.39 is 53.8 Å². The maximum absolute atomic E-state index is 12.8. The first-order valence-electron chi connectivity index (χ1n) is 11.3. The highest BCUT2D eigenvalue weighted by Gasteiger charge is 2.30. The molecule has 206 valence electrons. The fraction of sp³-hybridized carbons (Fsp3) is 0.550. The number of thiol groups is 1. The second-order valence-corrected chi connectivity index (χ2v) is 8.41. The summed E-state index contributed by atoms with van der Waals surface area (Å²) in [5, 5.41) is 16.7. The first kappa shape index (κ1) is 31.2. The molecule has 0 unspecified atom stereocenters. The van der Waals surface area contributed by atoms with Crippen LogP contribution < -0.4 is 38.9 Å². The molecule has 0 radical (unpaired) electrons. The zero-order valence-corrected chi connectivity index (χ0v) is 20.9. The second-order valence-electron chi connectivity index (χ2n) is 8.05. The monoisotopic (exact) mass is 542 g/mol. The molecule has 0 aliphatic carbocycles. The number of H-pyrrole nitrogens is 1. The standard InChI is InChI=1S/C20H34N10O6S/c21-11(2-1-5-26-20(23)24)16(32)30-14(8-37)18(34)28-12(3-4-15(22)31)17(33)29-13(19(35)36)6-10-7-25-9-27-10/h7,9,11-14,37H,1-6,8,21H2,(H2,22,31)(H,25,27)(H,28,34)(H,29,33)(H,30,32)(H,35,36)(H4,23,24,26)/t11-,12-,13-,14-/m0/s1. The molecular formula is C20H34N10O6S. The fourth-order valence-electron chi connectivity index (χ4n) is 3.04. The summed E-state index contributed by atoms with van der Waals surface area (Å²) in [7, 11) is 0. The number of aromatic nitrogens is 2. The van der Waals surface area contributed by atoms with Crippen molar-refractivity contribution in [1.29, 1.82) is 0 Å². The molecule has 0 aromatic carbocycles. The van der Waals surface area contributed by atoms with Crippen molar-refractivity contribution in [3.63, 3.8) is 0 Å². The number of primary amides is 1. The van der Waals surface area contributed by atoms with Gasteiger partial charge in [0.25, 0.3) is 0 Å². The number of carbonyl (C=O) groups excluding carboxylic acids is 4. The molecule has 0 fully saturated rings. The average molecular weight is 543 g/mol. The number of carboxylic acid groups (broad SMARTS) is 1. The van der Waals surface area contributed by atoms with E-state index in [2.05, 4.69) is 43.5 Å². The van der Waals surface area contributed by atoms with Crippen molar-refractivity contribution in [3.05, 3.63) is 18.2 Å². The summed E-state index contributed by atoms with van der Waals surface area (Å²) in [4.78, 5) is 71.3. The first-order chi connectivity index (χ1) is 17.4. The van der Waals surface area contributed by atoms with Crippen LogP contribution in [0.3, 0.4) is 0 Å². The van der Waals surface area contributed by atoms with Crippen molar-refractivity contribution in [2.75, 3.05) is 12.3 Å². The Morgan fingerprint density at radius 1 is 1.00 bits per heavy atom. The van der Waals surface area contributed by atoms with Gasteiger partial charge in [0.1, 0.15) is 18.1 Å². The van der Waals surface area contributed by atoms with Crippen LogP contribution in [0.1, 0.15) is 31.4 Å². The average Bonchev–Trinajstić information content (AvgIpc) is 3.34. The van der Waals surface area contributed by atoms with Gasteiger partial charge in [-0.2, -0.15) is 12.6 Å². The summed E-state index contributed by atoms with van der Waals surface area (Å²) < 4.78 is 0. The normalized spacial score (nSPS) is 13.9. The maximum Gasteiger partial charge on any atom is 0.326 e. The Labute approximate surface area is 218 Å². The minimum atomic E-state index is -1.35. The van der Waals surface area contributed by atoms with E-state index in [0.29, 0.717) is 12.1 Å². The van der Waals surface area contributed by atoms with Gasteiger partial charge >= 0.3 is 5.97 Å².